The van der Waals surface area contributed by atoms with Crippen molar-refractivity contribution in [2.75, 3.05) is 13.1 Å². The van der Waals surface area contributed by atoms with Gasteiger partial charge in [0.25, 0.3) is 0 Å². The Balaban J connectivity index is 1.78. The second-order valence-corrected chi connectivity index (χ2v) is 3.93. The zero-order valence-electron chi connectivity index (χ0n) is 6.40. The highest BCUT2D eigenvalue weighted by Crippen LogP contribution is 2.39. The average Bonchev–Trinajstić information content (AvgIpc) is 2.47. The Hall–Kier alpha value is -0.0800. The summed E-state index contributed by atoms with van der Waals surface area (Å²) in [5.74, 6) is 0.882. The second-order valence-electron chi connectivity index (χ2n) is 3.93. The molecule has 0 aromatic heterocycles. The molecule has 10 heavy (non-hydrogen) atoms. The molecular formula is C8H16N2. The van der Waals surface area contributed by atoms with E-state index in [0.717, 1.165) is 5.92 Å². The molecule has 0 unspecified atom stereocenters. The summed E-state index contributed by atoms with van der Waals surface area (Å²) in [5.41, 5.74) is 6.27. The lowest BCUT2D eigenvalue weighted by molar-refractivity contribution is 0.452. The fraction of sp³-hybridized carbons (Fsp3) is 1.00. The second kappa shape index (κ2) is 2.21. The van der Waals surface area contributed by atoms with Crippen LogP contribution in [0, 0.1) is 5.92 Å². The Kier molecular flexibility index (Phi) is 1.46. The van der Waals surface area contributed by atoms with Gasteiger partial charge in [-0.3, -0.25) is 0 Å². The molecule has 1 saturated heterocycles. The zero-order chi connectivity index (χ0) is 7.03. The molecule has 0 radical (unpaired) electrons. The molecule has 2 aliphatic rings. The molecule has 0 aromatic carbocycles. The third-order valence-corrected chi connectivity index (χ3v) is 2.75. The number of hydrogen-bond acceptors (Lipinski definition) is 2. The van der Waals surface area contributed by atoms with Gasteiger partial charge in [-0.25, -0.2) is 0 Å². The molecule has 1 aliphatic carbocycles. The maximum atomic E-state index is 6.00. The topological polar surface area (TPSA) is 38.0 Å². The summed E-state index contributed by atoms with van der Waals surface area (Å²) in [6.07, 6.45) is 5.14. The van der Waals surface area contributed by atoms with Crippen LogP contribution >= 0.6 is 0 Å². The maximum Gasteiger partial charge on any atom is 0.0158 e. The van der Waals surface area contributed by atoms with E-state index in [0.29, 0.717) is 0 Å². The van der Waals surface area contributed by atoms with Crippen LogP contribution in [0.1, 0.15) is 25.7 Å². The van der Waals surface area contributed by atoms with Crippen molar-refractivity contribution >= 4 is 0 Å². The summed E-state index contributed by atoms with van der Waals surface area (Å²) < 4.78 is 0. The van der Waals surface area contributed by atoms with Crippen molar-refractivity contribution in [3.63, 3.8) is 0 Å². The van der Waals surface area contributed by atoms with E-state index in [1.54, 1.807) is 0 Å². The lowest BCUT2D eigenvalue weighted by atomic mass is 9.98. The molecule has 0 spiro atoms. The Bertz CT molecular complexity index is 123. The van der Waals surface area contributed by atoms with Crippen LogP contribution in [0.3, 0.4) is 0 Å². The van der Waals surface area contributed by atoms with Crippen LogP contribution in [0.2, 0.25) is 0 Å². The monoisotopic (exact) mass is 140 g/mol. The summed E-state index contributed by atoms with van der Waals surface area (Å²) >= 11 is 0. The molecule has 0 amide bonds. The Morgan fingerprint density at radius 2 is 2.30 bits per heavy atom. The predicted molar refractivity (Wildman–Crippen MR) is 41.7 cm³/mol. The van der Waals surface area contributed by atoms with Crippen LogP contribution in [-0.4, -0.2) is 18.6 Å². The van der Waals surface area contributed by atoms with Crippen LogP contribution in [-0.2, 0) is 0 Å². The lowest BCUT2D eigenvalue weighted by Crippen LogP contribution is -2.26. The van der Waals surface area contributed by atoms with E-state index in [4.69, 9.17) is 5.73 Å². The number of rotatable bonds is 2. The largest absolute Gasteiger partial charge is 0.325 e. The van der Waals surface area contributed by atoms with Gasteiger partial charge in [-0.2, -0.15) is 0 Å². The van der Waals surface area contributed by atoms with E-state index in [2.05, 4.69) is 5.32 Å². The van der Waals surface area contributed by atoms with Crippen molar-refractivity contribution in [3.8, 4) is 0 Å². The van der Waals surface area contributed by atoms with Gasteiger partial charge in [0.2, 0.25) is 0 Å². The molecule has 2 rings (SSSR count). The van der Waals surface area contributed by atoms with Gasteiger partial charge in [0.15, 0.2) is 0 Å². The van der Waals surface area contributed by atoms with Gasteiger partial charge in [0.1, 0.15) is 0 Å². The summed E-state index contributed by atoms with van der Waals surface area (Å²) in [7, 11) is 0. The molecule has 0 bridgehead atoms. The summed E-state index contributed by atoms with van der Waals surface area (Å²) in [6.45, 7) is 2.42. The molecule has 1 aliphatic heterocycles. The first-order chi connectivity index (χ1) is 4.79. The Labute approximate surface area is 62.2 Å². The Morgan fingerprint density at radius 1 is 1.50 bits per heavy atom. The normalized spacial score (nSPS) is 36.3. The first-order valence-corrected chi connectivity index (χ1v) is 4.28. The highest BCUT2D eigenvalue weighted by atomic mass is 14.9. The van der Waals surface area contributed by atoms with Gasteiger partial charge in [0.05, 0.1) is 0 Å². The van der Waals surface area contributed by atoms with E-state index in [9.17, 15) is 0 Å². The van der Waals surface area contributed by atoms with E-state index >= 15 is 0 Å². The van der Waals surface area contributed by atoms with Gasteiger partial charge in [-0.05, 0) is 44.7 Å². The fourth-order valence-corrected chi connectivity index (χ4v) is 1.83. The number of hydrogen-bond donors (Lipinski definition) is 2. The van der Waals surface area contributed by atoms with Crippen molar-refractivity contribution in [1.29, 1.82) is 0 Å². The van der Waals surface area contributed by atoms with Gasteiger partial charge >= 0.3 is 0 Å². The molecule has 0 aromatic rings. The molecule has 1 heterocycles. The predicted octanol–water partition coefficient (Wildman–Crippen LogP) is 0.477. The van der Waals surface area contributed by atoms with E-state index in [1.807, 2.05) is 0 Å². The highest BCUT2D eigenvalue weighted by Gasteiger charge is 2.40. The highest BCUT2D eigenvalue weighted by molar-refractivity contribution is 5.00. The minimum atomic E-state index is 0.274. The zero-order valence-corrected chi connectivity index (χ0v) is 6.40. The van der Waals surface area contributed by atoms with E-state index < -0.39 is 0 Å². The third kappa shape index (κ3) is 1.32. The van der Waals surface area contributed by atoms with E-state index in [-0.39, 0.29) is 5.54 Å². The van der Waals surface area contributed by atoms with E-state index in [1.165, 1.54) is 38.8 Å². The van der Waals surface area contributed by atoms with Crippen molar-refractivity contribution in [3.05, 3.63) is 0 Å². The Morgan fingerprint density at radius 3 is 2.80 bits per heavy atom. The average molecular weight is 140 g/mol. The smallest absolute Gasteiger partial charge is 0.0158 e. The molecule has 2 fully saturated rings. The van der Waals surface area contributed by atoms with Crippen LogP contribution < -0.4 is 11.1 Å². The van der Waals surface area contributed by atoms with Gasteiger partial charge in [-0.15, -0.1) is 0 Å². The standard InChI is InChI=1S/C8H16N2/c9-8(2-3-8)5-7-1-4-10-6-7/h7,10H,1-6,9H2/t7-/m0/s1. The first kappa shape index (κ1) is 6.62. The van der Waals surface area contributed by atoms with Crippen LogP contribution in [0.4, 0.5) is 0 Å². The van der Waals surface area contributed by atoms with Crippen molar-refractivity contribution in [1.82, 2.24) is 5.32 Å². The van der Waals surface area contributed by atoms with Crippen molar-refractivity contribution < 1.29 is 0 Å². The molecule has 1 saturated carbocycles. The van der Waals surface area contributed by atoms with Gasteiger partial charge in [0, 0.05) is 5.54 Å². The lowest BCUT2D eigenvalue weighted by Gasteiger charge is -2.13. The van der Waals surface area contributed by atoms with Crippen LogP contribution in [0.5, 0.6) is 0 Å². The van der Waals surface area contributed by atoms with Gasteiger partial charge < -0.3 is 11.1 Å². The molecule has 3 N–H and O–H groups in total. The van der Waals surface area contributed by atoms with Gasteiger partial charge in [-0.1, -0.05) is 0 Å². The third-order valence-electron chi connectivity index (χ3n) is 2.75. The summed E-state index contributed by atoms with van der Waals surface area (Å²) in [5, 5.41) is 3.37. The van der Waals surface area contributed by atoms with Crippen molar-refractivity contribution in [2.45, 2.75) is 31.2 Å². The molecule has 1 atom stereocenters. The molecule has 2 heteroatoms. The van der Waals surface area contributed by atoms with Crippen LogP contribution in [0.25, 0.3) is 0 Å². The molecule has 2 nitrogen and oxygen atoms in total. The van der Waals surface area contributed by atoms with Crippen LogP contribution in [0.15, 0.2) is 0 Å². The van der Waals surface area contributed by atoms with Crippen molar-refractivity contribution in [2.24, 2.45) is 11.7 Å². The number of nitrogens with one attached hydrogen (secondary N) is 1. The molecular weight excluding hydrogens is 124 g/mol. The quantitative estimate of drug-likeness (QED) is 0.585. The minimum absolute atomic E-state index is 0.274. The number of nitrogens with two attached hydrogens (primary N) is 1. The summed E-state index contributed by atoms with van der Waals surface area (Å²) in [4.78, 5) is 0. The fourth-order valence-electron chi connectivity index (χ4n) is 1.83. The minimum Gasteiger partial charge on any atom is -0.325 e. The SMILES string of the molecule is NC1(C[C@@H]2CCNC2)CC1. The molecule has 58 valence electrons. The summed E-state index contributed by atoms with van der Waals surface area (Å²) in [6, 6.07) is 0. The first-order valence-electron chi connectivity index (χ1n) is 4.28. The maximum absolute atomic E-state index is 6.00.